The van der Waals surface area contributed by atoms with E-state index in [-0.39, 0.29) is 12.4 Å². The van der Waals surface area contributed by atoms with Gasteiger partial charge in [0.2, 0.25) is 0 Å². The van der Waals surface area contributed by atoms with Crippen LogP contribution in [0.4, 0.5) is 0 Å². The molecule has 14 heavy (non-hydrogen) atoms. The number of ether oxygens (including phenoxy) is 2. The van der Waals surface area contributed by atoms with Crippen LogP contribution < -0.4 is 0 Å². The van der Waals surface area contributed by atoms with E-state index in [1.54, 1.807) is 20.8 Å². The lowest BCUT2D eigenvalue weighted by Crippen LogP contribution is -2.22. The van der Waals surface area contributed by atoms with Gasteiger partial charge >= 0.3 is 11.9 Å². The highest BCUT2D eigenvalue weighted by molar-refractivity contribution is 5.83. The molecule has 0 saturated carbocycles. The Morgan fingerprint density at radius 2 is 1.86 bits per heavy atom. The predicted molar refractivity (Wildman–Crippen MR) is 51.6 cm³/mol. The van der Waals surface area contributed by atoms with Crippen molar-refractivity contribution < 1.29 is 19.1 Å². The minimum Gasteiger partial charge on any atom is -0.469 e. The Morgan fingerprint density at radius 3 is 2.29 bits per heavy atom. The summed E-state index contributed by atoms with van der Waals surface area (Å²) >= 11 is 0. The van der Waals surface area contributed by atoms with E-state index in [0.717, 1.165) is 0 Å². The molecule has 0 N–H and O–H groups in total. The largest absolute Gasteiger partial charge is 0.469 e. The van der Waals surface area contributed by atoms with E-state index in [2.05, 4.69) is 4.74 Å². The van der Waals surface area contributed by atoms with Crippen molar-refractivity contribution in [1.82, 2.24) is 0 Å². The zero-order chi connectivity index (χ0) is 11.2. The highest BCUT2D eigenvalue weighted by Gasteiger charge is 2.13. The molecule has 0 rings (SSSR count). The molecule has 0 amide bonds. The number of hydrogen-bond donors (Lipinski definition) is 0. The molecule has 0 spiro atoms. The highest BCUT2D eigenvalue weighted by Crippen LogP contribution is 2.07. The van der Waals surface area contributed by atoms with Crippen LogP contribution >= 0.6 is 0 Å². The molecule has 0 bridgehead atoms. The average Bonchev–Trinajstić information content (AvgIpc) is 2.00. The molecule has 0 aliphatic rings. The number of carbonyl (C=O) groups is 2. The van der Waals surface area contributed by atoms with Crippen molar-refractivity contribution in [2.24, 2.45) is 0 Å². The molecule has 4 nitrogen and oxygen atoms in total. The van der Waals surface area contributed by atoms with Crippen LogP contribution in [0.15, 0.2) is 12.2 Å². The summed E-state index contributed by atoms with van der Waals surface area (Å²) in [6, 6.07) is 0. The average molecular weight is 200 g/mol. The number of rotatable bonds is 3. The van der Waals surface area contributed by atoms with Crippen molar-refractivity contribution in [2.75, 3.05) is 7.11 Å². The first-order valence-corrected chi connectivity index (χ1v) is 4.31. The highest BCUT2D eigenvalue weighted by atomic mass is 16.6. The lowest BCUT2D eigenvalue weighted by Gasteiger charge is -2.17. The molecule has 0 aromatic rings. The smallest absolute Gasteiger partial charge is 0.330 e. The second-order valence-corrected chi connectivity index (χ2v) is 3.72. The maximum Gasteiger partial charge on any atom is 0.330 e. The van der Waals surface area contributed by atoms with Crippen LogP contribution in [0.1, 0.15) is 27.2 Å². The maximum absolute atomic E-state index is 11.1. The van der Waals surface area contributed by atoms with E-state index in [1.807, 2.05) is 0 Å². The van der Waals surface area contributed by atoms with Crippen molar-refractivity contribution in [1.29, 1.82) is 0 Å². The van der Waals surface area contributed by atoms with Gasteiger partial charge in [-0.3, -0.25) is 4.79 Å². The van der Waals surface area contributed by atoms with Crippen LogP contribution in [0, 0.1) is 0 Å². The molecular weight excluding hydrogens is 184 g/mol. The third kappa shape index (κ3) is 7.34. The molecular formula is C10H16O4. The van der Waals surface area contributed by atoms with Crippen molar-refractivity contribution in [3.05, 3.63) is 12.2 Å². The Balaban J connectivity index is 3.89. The fourth-order valence-electron chi connectivity index (χ4n) is 0.671. The van der Waals surface area contributed by atoms with Gasteiger partial charge < -0.3 is 9.47 Å². The summed E-state index contributed by atoms with van der Waals surface area (Å²) < 4.78 is 9.37. The molecule has 0 aliphatic carbocycles. The monoisotopic (exact) mass is 200 g/mol. The molecule has 0 aromatic carbocycles. The molecule has 0 saturated heterocycles. The number of methoxy groups -OCH3 is 1. The van der Waals surface area contributed by atoms with E-state index in [0.29, 0.717) is 0 Å². The van der Waals surface area contributed by atoms with Gasteiger partial charge in [0.1, 0.15) is 5.60 Å². The molecule has 0 radical (unpaired) electrons. The third-order valence-corrected chi connectivity index (χ3v) is 1.17. The summed E-state index contributed by atoms with van der Waals surface area (Å²) in [5.41, 5.74) is -0.507. The fraction of sp³-hybridized carbons (Fsp3) is 0.600. The lowest BCUT2D eigenvalue weighted by atomic mass is 10.2. The Kier molecular flexibility index (Phi) is 4.91. The van der Waals surface area contributed by atoms with Crippen LogP contribution in [0.2, 0.25) is 0 Å². The lowest BCUT2D eigenvalue weighted by molar-refractivity contribution is -0.148. The summed E-state index contributed by atoms with van der Waals surface area (Å²) in [5, 5.41) is 0. The normalized spacial score (nSPS) is 11.4. The summed E-state index contributed by atoms with van der Waals surface area (Å²) in [5.74, 6) is -0.841. The van der Waals surface area contributed by atoms with Crippen molar-refractivity contribution in [3.8, 4) is 0 Å². The summed E-state index contributed by atoms with van der Waals surface area (Å²) in [6.07, 6.45) is 2.72. The fourth-order valence-corrected chi connectivity index (χ4v) is 0.671. The first-order valence-electron chi connectivity index (χ1n) is 4.31. The zero-order valence-corrected chi connectivity index (χ0v) is 8.99. The first-order chi connectivity index (χ1) is 6.35. The van der Waals surface area contributed by atoms with E-state index in [9.17, 15) is 9.59 Å². The molecule has 0 heterocycles. The molecule has 0 fully saturated rings. The second kappa shape index (κ2) is 5.42. The Morgan fingerprint density at radius 1 is 1.29 bits per heavy atom. The topological polar surface area (TPSA) is 52.6 Å². The zero-order valence-electron chi connectivity index (χ0n) is 8.99. The van der Waals surface area contributed by atoms with Gasteiger partial charge in [0, 0.05) is 6.08 Å². The van der Waals surface area contributed by atoms with Crippen LogP contribution in [0.3, 0.4) is 0 Å². The van der Waals surface area contributed by atoms with Crippen LogP contribution in [-0.4, -0.2) is 24.6 Å². The van der Waals surface area contributed by atoms with Gasteiger partial charge in [0.05, 0.1) is 13.5 Å². The Labute approximate surface area is 83.9 Å². The van der Waals surface area contributed by atoms with Gasteiger partial charge in [-0.25, -0.2) is 4.79 Å². The molecule has 0 atom stereocenters. The third-order valence-electron chi connectivity index (χ3n) is 1.17. The van der Waals surface area contributed by atoms with E-state index in [4.69, 9.17) is 4.74 Å². The van der Waals surface area contributed by atoms with Crippen molar-refractivity contribution in [3.63, 3.8) is 0 Å². The first kappa shape index (κ1) is 12.7. The van der Waals surface area contributed by atoms with Crippen LogP contribution in [0.5, 0.6) is 0 Å². The SMILES string of the molecule is COC(=O)C/C=C/C(=O)OC(C)(C)C. The molecule has 0 aromatic heterocycles. The van der Waals surface area contributed by atoms with Gasteiger partial charge in [-0.15, -0.1) is 0 Å². The maximum atomic E-state index is 11.1. The number of carbonyl (C=O) groups excluding carboxylic acids is 2. The molecule has 0 unspecified atom stereocenters. The summed E-state index contributed by atoms with van der Waals surface area (Å²) in [7, 11) is 1.30. The van der Waals surface area contributed by atoms with Gasteiger partial charge in [-0.2, -0.15) is 0 Å². The summed E-state index contributed by atoms with van der Waals surface area (Å²) in [4.78, 5) is 21.7. The minimum absolute atomic E-state index is 0.0791. The van der Waals surface area contributed by atoms with Gasteiger partial charge in [0.25, 0.3) is 0 Å². The van der Waals surface area contributed by atoms with Crippen LogP contribution in [0.25, 0.3) is 0 Å². The number of hydrogen-bond acceptors (Lipinski definition) is 4. The van der Waals surface area contributed by atoms with E-state index < -0.39 is 11.6 Å². The Hall–Kier alpha value is -1.32. The minimum atomic E-state index is -0.507. The van der Waals surface area contributed by atoms with Gasteiger partial charge in [-0.1, -0.05) is 6.08 Å². The van der Waals surface area contributed by atoms with Gasteiger partial charge in [0.15, 0.2) is 0 Å². The molecule has 0 aliphatic heterocycles. The van der Waals surface area contributed by atoms with E-state index >= 15 is 0 Å². The quantitative estimate of drug-likeness (QED) is 0.511. The van der Waals surface area contributed by atoms with Crippen molar-refractivity contribution >= 4 is 11.9 Å². The van der Waals surface area contributed by atoms with Crippen LogP contribution in [-0.2, 0) is 19.1 Å². The molecule has 80 valence electrons. The second-order valence-electron chi connectivity index (χ2n) is 3.72. The Bertz CT molecular complexity index is 235. The molecule has 4 heteroatoms. The van der Waals surface area contributed by atoms with Gasteiger partial charge in [-0.05, 0) is 20.8 Å². The standard InChI is InChI=1S/C10H16O4/c1-10(2,3)14-9(12)7-5-6-8(11)13-4/h5,7H,6H2,1-4H3/b7-5+. The number of esters is 2. The van der Waals surface area contributed by atoms with E-state index in [1.165, 1.54) is 19.3 Å². The van der Waals surface area contributed by atoms with Crippen molar-refractivity contribution in [2.45, 2.75) is 32.8 Å². The predicted octanol–water partition coefficient (Wildman–Crippen LogP) is 1.45. The summed E-state index contributed by atoms with van der Waals surface area (Å²) in [6.45, 7) is 5.33.